The number of carbonyl (C=O) groups is 1. The largest absolute Gasteiger partial charge is 0.383 e. The first-order valence-corrected chi connectivity index (χ1v) is 6.93. The quantitative estimate of drug-likeness (QED) is 0.679. The molecule has 110 valence electrons. The standard InChI is InChI=1S/C14H12F2N2O2S/c1-9(20-17-8-11-3-2-6-21-11)14(19)18-10-4-5-12(15)13(16)7-10/h2-9H,1H3,(H,18,19)/b17-8+. The average molecular weight is 310 g/mol. The molecule has 0 aliphatic heterocycles. The Morgan fingerprint density at radius 1 is 1.38 bits per heavy atom. The molecule has 1 unspecified atom stereocenters. The van der Waals surface area contributed by atoms with Crippen molar-refractivity contribution in [2.45, 2.75) is 13.0 Å². The van der Waals surface area contributed by atoms with Crippen molar-refractivity contribution in [2.24, 2.45) is 5.16 Å². The van der Waals surface area contributed by atoms with E-state index in [1.165, 1.54) is 30.5 Å². The summed E-state index contributed by atoms with van der Waals surface area (Å²) in [4.78, 5) is 17.7. The summed E-state index contributed by atoms with van der Waals surface area (Å²) in [7, 11) is 0. The third-order valence-electron chi connectivity index (χ3n) is 2.50. The molecule has 0 aliphatic rings. The summed E-state index contributed by atoms with van der Waals surface area (Å²) < 4.78 is 25.8. The van der Waals surface area contributed by atoms with Crippen molar-refractivity contribution in [1.29, 1.82) is 0 Å². The number of rotatable bonds is 5. The maximum Gasteiger partial charge on any atom is 0.267 e. The molecule has 0 bridgehead atoms. The number of nitrogens with one attached hydrogen (secondary N) is 1. The summed E-state index contributed by atoms with van der Waals surface area (Å²) >= 11 is 1.48. The van der Waals surface area contributed by atoms with Gasteiger partial charge in [0.2, 0.25) is 6.10 Å². The van der Waals surface area contributed by atoms with Gasteiger partial charge in [-0.3, -0.25) is 4.79 Å². The van der Waals surface area contributed by atoms with Crippen molar-refractivity contribution in [3.63, 3.8) is 0 Å². The van der Waals surface area contributed by atoms with Crippen molar-refractivity contribution in [1.82, 2.24) is 0 Å². The van der Waals surface area contributed by atoms with Crippen LogP contribution >= 0.6 is 11.3 Å². The number of halogens is 2. The summed E-state index contributed by atoms with van der Waals surface area (Å²) in [5.41, 5.74) is 0.150. The van der Waals surface area contributed by atoms with Gasteiger partial charge in [-0.1, -0.05) is 11.2 Å². The zero-order chi connectivity index (χ0) is 15.2. The van der Waals surface area contributed by atoms with E-state index in [1.807, 2.05) is 17.5 Å². The first kappa shape index (κ1) is 15.1. The summed E-state index contributed by atoms with van der Waals surface area (Å²) in [6.45, 7) is 1.50. The lowest BCUT2D eigenvalue weighted by atomic mass is 10.3. The molecule has 1 aromatic carbocycles. The van der Waals surface area contributed by atoms with Gasteiger partial charge in [-0.25, -0.2) is 8.78 Å². The van der Waals surface area contributed by atoms with Gasteiger partial charge in [-0.15, -0.1) is 11.3 Å². The maximum absolute atomic E-state index is 13.0. The summed E-state index contributed by atoms with van der Waals surface area (Å²) in [6.07, 6.45) is 0.626. The second-order valence-corrected chi connectivity index (χ2v) is 5.09. The Balaban J connectivity index is 1.88. The fraction of sp³-hybridized carbons (Fsp3) is 0.143. The van der Waals surface area contributed by atoms with Gasteiger partial charge in [-0.05, 0) is 30.5 Å². The molecule has 1 atom stereocenters. The Hall–Kier alpha value is -2.28. The minimum absolute atomic E-state index is 0.150. The van der Waals surface area contributed by atoms with Crippen LogP contribution in [0.15, 0.2) is 40.9 Å². The number of carbonyl (C=O) groups excluding carboxylic acids is 1. The second kappa shape index (κ2) is 6.94. The lowest BCUT2D eigenvalue weighted by molar-refractivity contribution is -0.126. The topological polar surface area (TPSA) is 50.7 Å². The summed E-state index contributed by atoms with van der Waals surface area (Å²) in [6, 6.07) is 6.81. The molecule has 0 saturated heterocycles. The highest BCUT2D eigenvalue weighted by Gasteiger charge is 2.15. The molecule has 0 radical (unpaired) electrons. The van der Waals surface area contributed by atoms with Crippen molar-refractivity contribution in [3.05, 3.63) is 52.2 Å². The molecule has 21 heavy (non-hydrogen) atoms. The number of hydrogen-bond acceptors (Lipinski definition) is 4. The lowest BCUT2D eigenvalue weighted by Crippen LogP contribution is -2.26. The second-order valence-electron chi connectivity index (χ2n) is 4.12. The summed E-state index contributed by atoms with van der Waals surface area (Å²) in [5.74, 6) is -2.51. The minimum atomic E-state index is -1.03. The van der Waals surface area contributed by atoms with Crippen molar-refractivity contribution in [3.8, 4) is 0 Å². The Morgan fingerprint density at radius 3 is 2.86 bits per heavy atom. The molecule has 1 aromatic heterocycles. The Kier molecular flexibility index (Phi) is 4.99. The van der Waals surface area contributed by atoms with Crippen LogP contribution in [0.5, 0.6) is 0 Å². The van der Waals surface area contributed by atoms with E-state index in [1.54, 1.807) is 0 Å². The molecule has 0 spiro atoms. The van der Waals surface area contributed by atoms with Crippen LogP contribution in [-0.2, 0) is 9.63 Å². The number of amides is 1. The maximum atomic E-state index is 13.0. The molecule has 1 N–H and O–H groups in total. The third kappa shape index (κ3) is 4.35. The highest BCUT2D eigenvalue weighted by atomic mass is 32.1. The monoisotopic (exact) mass is 310 g/mol. The predicted molar refractivity (Wildman–Crippen MR) is 77.4 cm³/mol. The molecule has 2 aromatic rings. The van der Waals surface area contributed by atoms with Crippen LogP contribution in [0.3, 0.4) is 0 Å². The third-order valence-corrected chi connectivity index (χ3v) is 3.31. The number of anilines is 1. The van der Waals surface area contributed by atoms with E-state index < -0.39 is 23.6 Å². The Labute approximate surface area is 124 Å². The highest BCUT2D eigenvalue weighted by molar-refractivity contribution is 7.11. The fourth-order valence-corrected chi connectivity index (χ4v) is 1.98. The van der Waals surface area contributed by atoms with E-state index in [0.717, 1.165) is 17.0 Å². The van der Waals surface area contributed by atoms with Gasteiger partial charge in [0, 0.05) is 16.6 Å². The van der Waals surface area contributed by atoms with E-state index in [2.05, 4.69) is 10.5 Å². The number of thiophene rings is 1. The Morgan fingerprint density at radius 2 is 2.19 bits per heavy atom. The van der Waals surface area contributed by atoms with Gasteiger partial charge in [0.15, 0.2) is 11.6 Å². The fourth-order valence-electron chi connectivity index (χ4n) is 1.40. The van der Waals surface area contributed by atoms with Gasteiger partial charge < -0.3 is 10.2 Å². The molecular formula is C14H12F2N2O2S. The lowest BCUT2D eigenvalue weighted by Gasteiger charge is -2.10. The predicted octanol–water partition coefficient (Wildman–Crippen LogP) is 3.40. The SMILES string of the molecule is CC(O/N=C/c1cccs1)C(=O)Nc1ccc(F)c(F)c1. The first-order valence-electron chi connectivity index (χ1n) is 6.05. The average Bonchev–Trinajstić information content (AvgIpc) is 2.96. The van der Waals surface area contributed by atoms with E-state index >= 15 is 0 Å². The molecule has 1 amide bonds. The number of nitrogens with zero attached hydrogens (tertiary/aromatic N) is 1. The smallest absolute Gasteiger partial charge is 0.267 e. The highest BCUT2D eigenvalue weighted by Crippen LogP contribution is 2.13. The summed E-state index contributed by atoms with van der Waals surface area (Å²) in [5, 5.41) is 8.00. The van der Waals surface area contributed by atoms with Gasteiger partial charge >= 0.3 is 0 Å². The van der Waals surface area contributed by atoms with Crippen molar-refractivity contribution in [2.75, 3.05) is 5.32 Å². The number of benzene rings is 1. The van der Waals surface area contributed by atoms with E-state index in [4.69, 9.17) is 4.84 Å². The van der Waals surface area contributed by atoms with Crippen LogP contribution < -0.4 is 5.32 Å². The zero-order valence-electron chi connectivity index (χ0n) is 11.0. The minimum Gasteiger partial charge on any atom is -0.383 e. The van der Waals surface area contributed by atoms with Crippen molar-refractivity contribution < 1.29 is 18.4 Å². The van der Waals surface area contributed by atoms with Crippen molar-refractivity contribution >= 4 is 29.1 Å². The first-order chi connectivity index (χ1) is 10.1. The molecular weight excluding hydrogens is 298 g/mol. The Bertz CT molecular complexity index is 644. The number of hydrogen-bond donors (Lipinski definition) is 1. The van der Waals surface area contributed by atoms with Gasteiger partial charge in [-0.2, -0.15) is 0 Å². The van der Waals surface area contributed by atoms with E-state index in [0.29, 0.717) is 0 Å². The normalized spacial score (nSPS) is 12.3. The van der Waals surface area contributed by atoms with Gasteiger partial charge in [0.05, 0.1) is 6.21 Å². The molecule has 0 aliphatic carbocycles. The van der Waals surface area contributed by atoms with Crippen LogP contribution in [0.25, 0.3) is 0 Å². The van der Waals surface area contributed by atoms with Crippen LogP contribution in [-0.4, -0.2) is 18.2 Å². The molecule has 1 heterocycles. The molecule has 0 saturated carbocycles. The molecule has 7 heteroatoms. The van der Waals surface area contributed by atoms with Crippen LogP contribution in [0.2, 0.25) is 0 Å². The number of oxime groups is 1. The van der Waals surface area contributed by atoms with E-state index in [9.17, 15) is 13.6 Å². The molecule has 2 rings (SSSR count). The molecule has 4 nitrogen and oxygen atoms in total. The van der Waals surface area contributed by atoms with Crippen LogP contribution in [0.1, 0.15) is 11.8 Å². The van der Waals surface area contributed by atoms with Gasteiger partial charge in [0.1, 0.15) is 0 Å². The zero-order valence-corrected chi connectivity index (χ0v) is 11.9. The molecule has 0 fully saturated rings. The van der Waals surface area contributed by atoms with Crippen LogP contribution in [0, 0.1) is 11.6 Å². The van der Waals surface area contributed by atoms with Crippen LogP contribution in [0.4, 0.5) is 14.5 Å². The van der Waals surface area contributed by atoms with Gasteiger partial charge in [0.25, 0.3) is 5.91 Å². The van der Waals surface area contributed by atoms with E-state index in [-0.39, 0.29) is 5.69 Å².